The van der Waals surface area contributed by atoms with Crippen LogP contribution in [0.5, 0.6) is 0 Å². The molecule has 0 unspecified atom stereocenters. The number of aryl methyl sites for hydroxylation is 1. The molecule has 2 fully saturated rings. The predicted molar refractivity (Wildman–Crippen MR) is 120 cm³/mol. The maximum atomic E-state index is 12.8. The molecular weight excluding hydrogens is 412 g/mol. The van der Waals surface area contributed by atoms with Gasteiger partial charge in [0.1, 0.15) is 5.82 Å². The zero-order valence-electron chi connectivity index (χ0n) is 18.0. The Morgan fingerprint density at radius 2 is 2.09 bits per heavy atom. The fraction of sp³-hybridized carbons (Fsp3) is 0.435. The van der Waals surface area contributed by atoms with Gasteiger partial charge in [0.25, 0.3) is 12.0 Å². The zero-order chi connectivity index (χ0) is 22.7. The number of H-pyrrole nitrogens is 1. The van der Waals surface area contributed by atoms with Crippen molar-refractivity contribution in [2.24, 2.45) is 0 Å². The first-order valence-electron chi connectivity index (χ1n) is 10.7. The third-order valence-electron chi connectivity index (χ3n) is 6.22. The number of morpholine rings is 1. The highest BCUT2D eigenvalue weighted by Crippen LogP contribution is 2.33. The molecule has 5 rings (SSSR count). The van der Waals surface area contributed by atoms with Crippen LogP contribution in [0.2, 0.25) is 0 Å². The molecule has 2 aliphatic rings. The van der Waals surface area contributed by atoms with Crippen LogP contribution < -0.4 is 5.56 Å². The Bertz CT molecular complexity index is 1140. The van der Waals surface area contributed by atoms with E-state index in [0.717, 1.165) is 36.0 Å². The minimum absolute atomic E-state index is 0.101. The number of fused-ring (bicyclic) bond motifs is 2. The summed E-state index contributed by atoms with van der Waals surface area (Å²) < 4.78 is 8.05. The molecule has 2 aliphatic heterocycles. The standard InChI is InChI=1S/C22H26N4O3.CH2O2/c1-14-2-3-15-9-19(22(28)24-20(15)8-14)21-23-5-6-26(21)16-10-17-13-29-18(4-7-27)12-25(17)11-16;2-1-3/h2-3,5-6,8-9,16-18,27H,4,7,10-13H2,1H3,(H,24,28);1H,(H,2,3)/t16-,17-,18-;/m0./s1. The molecule has 0 bridgehead atoms. The Kier molecular flexibility index (Phi) is 6.69. The second-order valence-electron chi connectivity index (χ2n) is 8.33. The number of nitrogens with one attached hydrogen (secondary N) is 1. The topological polar surface area (TPSA) is 121 Å². The van der Waals surface area contributed by atoms with Gasteiger partial charge in [-0.25, -0.2) is 4.98 Å². The summed E-state index contributed by atoms with van der Waals surface area (Å²) in [5, 5.41) is 17.1. The average molecular weight is 441 g/mol. The van der Waals surface area contributed by atoms with Crippen molar-refractivity contribution in [3.63, 3.8) is 0 Å². The van der Waals surface area contributed by atoms with Crippen LogP contribution >= 0.6 is 0 Å². The molecule has 3 atom stereocenters. The quantitative estimate of drug-likeness (QED) is 0.529. The summed E-state index contributed by atoms with van der Waals surface area (Å²) in [4.78, 5) is 31.2. The van der Waals surface area contributed by atoms with Gasteiger partial charge < -0.3 is 24.5 Å². The third-order valence-corrected chi connectivity index (χ3v) is 6.22. The largest absolute Gasteiger partial charge is 0.483 e. The maximum absolute atomic E-state index is 12.8. The van der Waals surface area contributed by atoms with Crippen LogP contribution in [0.1, 0.15) is 24.4 Å². The van der Waals surface area contributed by atoms with Crippen molar-refractivity contribution in [1.82, 2.24) is 19.4 Å². The van der Waals surface area contributed by atoms with E-state index in [0.29, 0.717) is 30.5 Å². The van der Waals surface area contributed by atoms with Gasteiger partial charge in [-0.05, 0) is 42.8 Å². The summed E-state index contributed by atoms with van der Waals surface area (Å²) in [6.45, 7) is 4.37. The van der Waals surface area contributed by atoms with Gasteiger partial charge in [-0.1, -0.05) is 12.1 Å². The van der Waals surface area contributed by atoms with Gasteiger partial charge in [0.2, 0.25) is 0 Å². The Morgan fingerprint density at radius 3 is 2.88 bits per heavy atom. The van der Waals surface area contributed by atoms with Crippen molar-refractivity contribution in [2.45, 2.75) is 38.0 Å². The van der Waals surface area contributed by atoms with Crippen LogP contribution in [0.25, 0.3) is 22.3 Å². The molecule has 0 spiro atoms. The van der Waals surface area contributed by atoms with Crippen LogP contribution in [-0.2, 0) is 9.53 Å². The highest BCUT2D eigenvalue weighted by atomic mass is 16.5. The van der Waals surface area contributed by atoms with E-state index in [1.54, 1.807) is 6.20 Å². The van der Waals surface area contributed by atoms with Crippen molar-refractivity contribution in [2.75, 3.05) is 26.3 Å². The van der Waals surface area contributed by atoms with E-state index in [-0.39, 0.29) is 30.8 Å². The number of carbonyl (C=O) groups is 1. The Morgan fingerprint density at radius 1 is 1.28 bits per heavy atom. The molecule has 0 aliphatic carbocycles. The molecule has 1 aromatic carbocycles. The molecule has 170 valence electrons. The third kappa shape index (κ3) is 4.45. The zero-order valence-corrected chi connectivity index (χ0v) is 18.0. The number of hydrogen-bond donors (Lipinski definition) is 3. The van der Waals surface area contributed by atoms with Gasteiger partial charge in [0.05, 0.1) is 18.3 Å². The molecule has 3 N–H and O–H groups in total. The summed E-state index contributed by atoms with van der Waals surface area (Å²) in [6.07, 6.45) is 5.50. The summed E-state index contributed by atoms with van der Waals surface area (Å²) >= 11 is 0. The molecule has 32 heavy (non-hydrogen) atoms. The second kappa shape index (κ2) is 9.64. The number of imidazole rings is 1. The number of aliphatic hydroxyl groups excluding tert-OH is 1. The number of ether oxygens (including phenoxy) is 1. The first-order valence-corrected chi connectivity index (χ1v) is 10.7. The lowest BCUT2D eigenvalue weighted by atomic mass is 10.1. The Balaban J connectivity index is 0.000000775. The van der Waals surface area contributed by atoms with Gasteiger partial charge in [-0.2, -0.15) is 0 Å². The van der Waals surface area contributed by atoms with Gasteiger partial charge >= 0.3 is 0 Å². The summed E-state index contributed by atoms with van der Waals surface area (Å²) in [5.41, 5.74) is 2.46. The smallest absolute Gasteiger partial charge is 0.290 e. The van der Waals surface area contributed by atoms with Crippen LogP contribution in [0.4, 0.5) is 0 Å². The highest BCUT2D eigenvalue weighted by Gasteiger charge is 2.38. The Hall–Kier alpha value is -3.01. The molecule has 0 saturated carbocycles. The molecule has 3 aromatic rings. The Labute approximate surface area is 185 Å². The minimum atomic E-state index is -0.250. The van der Waals surface area contributed by atoms with E-state index in [1.165, 1.54) is 0 Å². The normalized spacial score (nSPS) is 22.9. The number of aromatic nitrogens is 3. The number of nitrogens with zero attached hydrogens (tertiary/aromatic N) is 3. The fourth-order valence-electron chi connectivity index (χ4n) is 4.73. The second-order valence-corrected chi connectivity index (χ2v) is 8.33. The SMILES string of the molecule is Cc1ccc2cc(-c3nccn3[C@H]3C[C@H]4CO[C@@H](CCO)CN4C3)c(=O)[nH]c2c1.O=CO. The van der Waals surface area contributed by atoms with Crippen molar-refractivity contribution in [3.05, 3.63) is 52.6 Å². The number of benzene rings is 1. The van der Waals surface area contributed by atoms with Crippen LogP contribution in [0.15, 0.2) is 41.5 Å². The van der Waals surface area contributed by atoms with E-state index in [4.69, 9.17) is 14.6 Å². The van der Waals surface area contributed by atoms with E-state index < -0.39 is 0 Å². The minimum Gasteiger partial charge on any atom is -0.483 e. The van der Waals surface area contributed by atoms with Crippen LogP contribution in [-0.4, -0.2) is 74.6 Å². The molecule has 9 heteroatoms. The summed E-state index contributed by atoms with van der Waals surface area (Å²) in [6, 6.07) is 8.64. The lowest BCUT2D eigenvalue weighted by Gasteiger charge is -2.34. The number of carboxylic acid groups (broad SMARTS) is 1. The molecule has 4 heterocycles. The number of pyridine rings is 1. The predicted octanol–water partition coefficient (Wildman–Crippen LogP) is 1.80. The first kappa shape index (κ1) is 22.2. The highest BCUT2D eigenvalue weighted by molar-refractivity contribution is 5.83. The number of rotatable bonds is 4. The number of aliphatic hydroxyl groups is 1. The van der Waals surface area contributed by atoms with Crippen LogP contribution in [0.3, 0.4) is 0 Å². The van der Waals surface area contributed by atoms with Gasteiger partial charge in [0, 0.05) is 49.7 Å². The van der Waals surface area contributed by atoms with E-state index >= 15 is 0 Å². The van der Waals surface area contributed by atoms with Crippen molar-refractivity contribution >= 4 is 17.4 Å². The molecule has 0 radical (unpaired) electrons. The van der Waals surface area contributed by atoms with Crippen molar-refractivity contribution < 1.29 is 19.7 Å². The van der Waals surface area contributed by atoms with Crippen LogP contribution in [0, 0.1) is 6.92 Å². The van der Waals surface area contributed by atoms with Gasteiger partial charge in [-0.3, -0.25) is 14.5 Å². The van der Waals surface area contributed by atoms with E-state index in [9.17, 15) is 9.90 Å². The number of aromatic amines is 1. The molecule has 2 aromatic heterocycles. The maximum Gasteiger partial charge on any atom is 0.290 e. The van der Waals surface area contributed by atoms with Crippen molar-refractivity contribution in [3.8, 4) is 11.4 Å². The summed E-state index contributed by atoms with van der Waals surface area (Å²) in [5.74, 6) is 0.714. The molecule has 0 amide bonds. The van der Waals surface area contributed by atoms with Gasteiger partial charge in [-0.15, -0.1) is 0 Å². The average Bonchev–Trinajstić information content (AvgIpc) is 3.40. The lowest BCUT2D eigenvalue weighted by Crippen LogP contribution is -2.46. The molecular formula is C23H28N4O5. The monoisotopic (exact) mass is 440 g/mol. The summed E-state index contributed by atoms with van der Waals surface area (Å²) in [7, 11) is 0. The van der Waals surface area contributed by atoms with E-state index in [2.05, 4.69) is 25.5 Å². The van der Waals surface area contributed by atoms with Gasteiger partial charge in [0.15, 0.2) is 0 Å². The fourth-order valence-corrected chi connectivity index (χ4v) is 4.73. The van der Waals surface area contributed by atoms with E-state index in [1.807, 2.05) is 31.3 Å². The first-order chi connectivity index (χ1) is 15.5. The van der Waals surface area contributed by atoms with Crippen molar-refractivity contribution in [1.29, 1.82) is 0 Å². The molecule has 2 saturated heterocycles. The molecule has 9 nitrogen and oxygen atoms in total. The number of hydrogen-bond acceptors (Lipinski definition) is 6. The lowest BCUT2D eigenvalue weighted by molar-refractivity contribution is -0.122.